The summed E-state index contributed by atoms with van der Waals surface area (Å²) in [6.45, 7) is 2.74. The van der Waals surface area contributed by atoms with Gasteiger partial charge >= 0.3 is 0 Å². The van der Waals surface area contributed by atoms with E-state index >= 15 is 0 Å². The molecule has 2 aliphatic heterocycles. The third kappa shape index (κ3) is 3.67. The van der Waals surface area contributed by atoms with Crippen molar-refractivity contribution in [1.29, 1.82) is 0 Å². The fraction of sp³-hybridized carbons (Fsp3) is 0.923. The number of carbonyl (C=O) groups is 1. The molecule has 0 aromatic rings. The number of nitrogens with zero attached hydrogens (tertiary/aromatic N) is 1. The van der Waals surface area contributed by atoms with E-state index < -0.39 is 0 Å². The molecule has 0 spiro atoms. The first-order valence-electron chi connectivity index (χ1n) is 7.02. The van der Waals surface area contributed by atoms with Crippen molar-refractivity contribution in [2.24, 2.45) is 0 Å². The number of ether oxygens (including phenoxy) is 1. The van der Waals surface area contributed by atoms with E-state index in [-0.39, 0.29) is 18.6 Å². The van der Waals surface area contributed by atoms with Gasteiger partial charge in [-0.1, -0.05) is 6.42 Å². The molecule has 0 radical (unpaired) electrons. The predicted molar refractivity (Wildman–Crippen MR) is 68.3 cm³/mol. The number of morpholine rings is 1. The molecule has 0 aliphatic carbocycles. The normalized spacial score (nSPS) is 29.3. The van der Waals surface area contributed by atoms with E-state index in [0.29, 0.717) is 32.2 Å². The van der Waals surface area contributed by atoms with E-state index in [2.05, 4.69) is 5.32 Å². The Morgan fingerprint density at radius 3 is 3.06 bits per heavy atom. The smallest absolute Gasteiger partial charge is 0.223 e. The number of rotatable bonds is 4. The number of hydrogen-bond acceptors (Lipinski definition) is 4. The highest BCUT2D eigenvalue weighted by Gasteiger charge is 2.26. The lowest BCUT2D eigenvalue weighted by Crippen LogP contribution is -2.50. The summed E-state index contributed by atoms with van der Waals surface area (Å²) in [7, 11) is 0. The first-order chi connectivity index (χ1) is 8.81. The van der Waals surface area contributed by atoms with Crippen LogP contribution in [0.1, 0.15) is 32.1 Å². The highest BCUT2D eigenvalue weighted by molar-refractivity contribution is 5.76. The van der Waals surface area contributed by atoms with Crippen LogP contribution in [-0.4, -0.2) is 60.9 Å². The fourth-order valence-corrected chi connectivity index (χ4v) is 2.75. The maximum Gasteiger partial charge on any atom is 0.223 e. The minimum atomic E-state index is -0.148. The number of amides is 1. The zero-order valence-electron chi connectivity index (χ0n) is 10.9. The van der Waals surface area contributed by atoms with E-state index in [9.17, 15) is 9.90 Å². The molecule has 2 fully saturated rings. The lowest BCUT2D eigenvalue weighted by Gasteiger charge is -2.35. The Kier molecular flexibility index (Phi) is 5.41. The van der Waals surface area contributed by atoms with E-state index in [1.807, 2.05) is 0 Å². The van der Waals surface area contributed by atoms with Gasteiger partial charge in [0.15, 0.2) is 0 Å². The molecule has 2 aliphatic rings. The average Bonchev–Trinajstić information content (AvgIpc) is 2.45. The van der Waals surface area contributed by atoms with Gasteiger partial charge in [0.25, 0.3) is 0 Å². The molecule has 2 heterocycles. The number of hydrogen-bond donors (Lipinski definition) is 2. The number of piperidine rings is 1. The van der Waals surface area contributed by atoms with Gasteiger partial charge in [-0.2, -0.15) is 0 Å². The molecule has 2 unspecified atom stereocenters. The SMILES string of the molecule is O=C(CCC1CCCCN1)N1CCOCC1CO. The molecule has 2 N–H and O–H groups in total. The molecule has 18 heavy (non-hydrogen) atoms. The summed E-state index contributed by atoms with van der Waals surface area (Å²) in [6, 6.07) is 0.349. The molecule has 0 bridgehead atoms. The Hall–Kier alpha value is -0.650. The van der Waals surface area contributed by atoms with Crippen molar-refractivity contribution >= 4 is 5.91 Å². The van der Waals surface area contributed by atoms with Crippen molar-refractivity contribution in [2.45, 2.75) is 44.2 Å². The van der Waals surface area contributed by atoms with Crippen molar-refractivity contribution < 1.29 is 14.6 Å². The van der Waals surface area contributed by atoms with Crippen LogP contribution in [0.2, 0.25) is 0 Å². The second-order valence-corrected chi connectivity index (χ2v) is 5.18. The Balaban J connectivity index is 1.75. The average molecular weight is 256 g/mol. The monoisotopic (exact) mass is 256 g/mol. The zero-order valence-corrected chi connectivity index (χ0v) is 10.9. The van der Waals surface area contributed by atoms with Crippen molar-refractivity contribution in [2.75, 3.05) is 32.9 Å². The molecule has 1 amide bonds. The van der Waals surface area contributed by atoms with Gasteiger partial charge in [0.2, 0.25) is 5.91 Å². The Morgan fingerprint density at radius 1 is 1.44 bits per heavy atom. The maximum atomic E-state index is 12.1. The summed E-state index contributed by atoms with van der Waals surface area (Å²) < 4.78 is 5.28. The lowest BCUT2D eigenvalue weighted by molar-refractivity contribution is -0.141. The van der Waals surface area contributed by atoms with Gasteiger partial charge in [-0.05, 0) is 25.8 Å². The first-order valence-corrected chi connectivity index (χ1v) is 7.02. The van der Waals surface area contributed by atoms with Crippen molar-refractivity contribution in [3.8, 4) is 0 Å². The summed E-state index contributed by atoms with van der Waals surface area (Å²) >= 11 is 0. The lowest BCUT2D eigenvalue weighted by atomic mass is 10.00. The molecule has 5 nitrogen and oxygen atoms in total. The number of carbonyl (C=O) groups excluding carboxylic acids is 1. The van der Waals surface area contributed by atoms with Crippen LogP contribution in [0, 0.1) is 0 Å². The molecule has 2 saturated heterocycles. The first kappa shape index (κ1) is 13.8. The minimum Gasteiger partial charge on any atom is -0.394 e. The van der Waals surface area contributed by atoms with Crippen LogP contribution in [-0.2, 0) is 9.53 Å². The zero-order chi connectivity index (χ0) is 12.8. The summed E-state index contributed by atoms with van der Waals surface area (Å²) in [5.41, 5.74) is 0. The Morgan fingerprint density at radius 2 is 2.33 bits per heavy atom. The summed E-state index contributed by atoms with van der Waals surface area (Å²) in [4.78, 5) is 13.9. The largest absolute Gasteiger partial charge is 0.394 e. The van der Waals surface area contributed by atoms with E-state index in [1.54, 1.807) is 4.90 Å². The number of aliphatic hydroxyl groups excluding tert-OH is 1. The van der Waals surface area contributed by atoms with Crippen LogP contribution >= 0.6 is 0 Å². The van der Waals surface area contributed by atoms with E-state index in [1.165, 1.54) is 19.3 Å². The predicted octanol–water partition coefficient (Wildman–Crippen LogP) is 0.128. The van der Waals surface area contributed by atoms with Crippen LogP contribution in [0.25, 0.3) is 0 Å². The third-order valence-electron chi connectivity index (χ3n) is 3.88. The molecular weight excluding hydrogens is 232 g/mol. The van der Waals surface area contributed by atoms with Crippen LogP contribution in [0.5, 0.6) is 0 Å². The molecule has 104 valence electrons. The second-order valence-electron chi connectivity index (χ2n) is 5.18. The van der Waals surface area contributed by atoms with Gasteiger partial charge in [0, 0.05) is 19.0 Å². The van der Waals surface area contributed by atoms with Crippen molar-refractivity contribution in [3.05, 3.63) is 0 Å². The molecule has 5 heteroatoms. The summed E-state index contributed by atoms with van der Waals surface area (Å²) in [5, 5.41) is 12.7. The number of nitrogens with one attached hydrogen (secondary N) is 1. The summed E-state index contributed by atoms with van der Waals surface area (Å²) in [5.74, 6) is 0.157. The molecular formula is C13H24N2O3. The van der Waals surface area contributed by atoms with Crippen LogP contribution in [0.15, 0.2) is 0 Å². The van der Waals surface area contributed by atoms with E-state index in [0.717, 1.165) is 13.0 Å². The minimum absolute atomic E-state index is 0.00653. The van der Waals surface area contributed by atoms with Crippen LogP contribution < -0.4 is 5.32 Å². The molecule has 0 aromatic carbocycles. The van der Waals surface area contributed by atoms with Gasteiger partial charge < -0.3 is 20.1 Å². The Bertz CT molecular complexity index is 267. The van der Waals surface area contributed by atoms with Gasteiger partial charge in [0.05, 0.1) is 25.9 Å². The molecule has 2 rings (SSSR count). The number of aliphatic hydroxyl groups is 1. The summed E-state index contributed by atoms with van der Waals surface area (Å²) in [6.07, 6.45) is 5.19. The maximum absolute atomic E-state index is 12.1. The van der Waals surface area contributed by atoms with Gasteiger partial charge in [-0.3, -0.25) is 4.79 Å². The van der Waals surface area contributed by atoms with E-state index in [4.69, 9.17) is 4.74 Å². The topological polar surface area (TPSA) is 61.8 Å². The standard InChI is InChI=1S/C13H24N2O3/c16-9-12-10-18-8-7-15(12)13(17)5-4-11-3-1-2-6-14-11/h11-12,14,16H,1-10H2. The van der Waals surface area contributed by atoms with Crippen LogP contribution in [0.3, 0.4) is 0 Å². The Labute approximate surface area is 108 Å². The van der Waals surface area contributed by atoms with Gasteiger partial charge in [0.1, 0.15) is 0 Å². The molecule has 2 atom stereocenters. The quantitative estimate of drug-likeness (QED) is 0.750. The fourth-order valence-electron chi connectivity index (χ4n) is 2.75. The van der Waals surface area contributed by atoms with Crippen molar-refractivity contribution in [3.63, 3.8) is 0 Å². The highest BCUT2D eigenvalue weighted by atomic mass is 16.5. The highest BCUT2D eigenvalue weighted by Crippen LogP contribution is 2.14. The molecule has 0 aromatic heterocycles. The second kappa shape index (κ2) is 7.07. The van der Waals surface area contributed by atoms with Crippen LogP contribution in [0.4, 0.5) is 0 Å². The third-order valence-corrected chi connectivity index (χ3v) is 3.88. The van der Waals surface area contributed by atoms with Crippen molar-refractivity contribution in [1.82, 2.24) is 10.2 Å². The van der Waals surface area contributed by atoms with Gasteiger partial charge in [-0.25, -0.2) is 0 Å². The van der Waals surface area contributed by atoms with Gasteiger partial charge in [-0.15, -0.1) is 0 Å². The molecule has 0 saturated carbocycles.